The average molecular weight is 177 g/mol. The Hall–Kier alpha value is -0.850. The van der Waals surface area contributed by atoms with Crippen molar-refractivity contribution in [3.8, 4) is 0 Å². The van der Waals surface area contributed by atoms with E-state index in [1.165, 1.54) is 11.3 Å². The van der Waals surface area contributed by atoms with Crippen molar-refractivity contribution in [3.05, 3.63) is 29.6 Å². The fourth-order valence-corrected chi connectivity index (χ4v) is 1.23. The molecule has 1 nitrogen and oxygen atoms in total. The van der Waals surface area contributed by atoms with Crippen molar-refractivity contribution < 1.29 is 0 Å². The van der Waals surface area contributed by atoms with E-state index in [9.17, 15) is 0 Å². The molecule has 0 aliphatic carbocycles. The van der Waals surface area contributed by atoms with E-state index in [1.54, 1.807) is 0 Å². The number of hydrogen-bond donors (Lipinski definition) is 0. The molecule has 0 saturated heterocycles. The van der Waals surface area contributed by atoms with Gasteiger partial charge in [-0.15, -0.1) is 0 Å². The molecule has 0 amide bonds. The largest absolute Gasteiger partial charge is 0.261 e. The van der Waals surface area contributed by atoms with E-state index in [1.807, 2.05) is 6.20 Å². The number of pyridine rings is 1. The predicted octanol–water partition coefficient (Wildman–Crippen LogP) is 3.50. The summed E-state index contributed by atoms with van der Waals surface area (Å²) in [5.74, 6) is 0.516. The van der Waals surface area contributed by atoms with Gasteiger partial charge in [0.25, 0.3) is 0 Å². The number of nitrogens with zero attached hydrogens (tertiary/aromatic N) is 1. The lowest BCUT2D eigenvalue weighted by molar-refractivity contribution is 0.586. The summed E-state index contributed by atoms with van der Waals surface area (Å²) in [6.07, 6.45) is 1.91. The van der Waals surface area contributed by atoms with Crippen molar-refractivity contribution in [1.29, 1.82) is 0 Å². The second-order valence-electron chi connectivity index (χ2n) is 4.87. The lowest BCUT2D eigenvalue weighted by Crippen LogP contribution is -2.12. The van der Waals surface area contributed by atoms with Crippen LogP contribution in [0.1, 0.15) is 51.8 Å². The Bertz CT molecular complexity index is 281. The third-order valence-electron chi connectivity index (χ3n) is 2.24. The molecule has 13 heavy (non-hydrogen) atoms. The van der Waals surface area contributed by atoms with Gasteiger partial charge in [0, 0.05) is 11.9 Å². The third-order valence-corrected chi connectivity index (χ3v) is 2.24. The summed E-state index contributed by atoms with van der Waals surface area (Å²) in [6.45, 7) is 11.0. The van der Waals surface area contributed by atoms with E-state index in [4.69, 9.17) is 0 Å². The Kier molecular flexibility index (Phi) is 2.74. The zero-order chi connectivity index (χ0) is 10.1. The van der Waals surface area contributed by atoms with Crippen molar-refractivity contribution in [2.75, 3.05) is 0 Å². The molecule has 0 saturated carbocycles. The zero-order valence-electron chi connectivity index (χ0n) is 9.26. The molecule has 0 bridgehead atoms. The van der Waals surface area contributed by atoms with Gasteiger partial charge in [0.05, 0.1) is 0 Å². The minimum atomic E-state index is 0.229. The first kappa shape index (κ1) is 10.2. The van der Waals surface area contributed by atoms with Crippen LogP contribution in [0.3, 0.4) is 0 Å². The SMILES string of the molecule is CC(C)c1cc(C(C)(C)C)ccn1. The van der Waals surface area contributed by atoms with Gasteiger partial charge in [-0.2, -0.15) is 0 Å². The summed E-state index contributed by atoms with van der Waals surface area (Å²) < 4.78 is 0. The fraction of sp³-hybridized carbons (Fsp3) is 0.583. The summed E-state index contributed by atoms with van der Waals surface area (Å²) in [5, 5.41) is 0. The minimum absolute atomic E-state index is 0.229. The van der Waals surface area contributed by atoms with Gasteiger partial charge in [0.1, 0.15) is 0 Å². The highest BCUT2D eigenvalue weighted by Crippen LogP contribution is 2.23. The van der Waals surface area contributed by atoms with Crippen LogP contribution >= 0.6 is 0 Å². The lowest BCUT2D eigenvalue weighted by Gasteiger charge is -2.19. The van der Waals surface area contributed by atoms with E-state index in [0.717, 1.165) is 0 Å². The maximum absolute atomic E-state index is 4.35. The van der Waals surface area contributed by atoms with Crippen LogP contribution in [-0.4, -0.2) is 4.98 Å². The molecule has 0 aliphatic heterocycles. The van der Waals surface area contributed by atoms with Gasteiger partial charge in [-0.05, 0) is 29.0 Å². The molecule has 1 aromatic rings. The van der Waals surface area contributed by atoms with Gasteiger partial charge in [-0.1, -0.05) is 34.6 Å². The fourth-order valence-electron chi connectivity index (χ4n) is 1.23. The van der Waals surface area contributed by atoms with Crippen molar-refractivity contribution in [2.24, 2.45) is 0 Å². The van der Waals surface area contributed by atoms with Crippen LogP contribution in [-0.2, 0) is 5.41 Å². The molecule has 0 unspecified atom stereocenters. The van der Waals surface area contributed by atoms with Crippen LogP contribution in [0.2, 0.25) is 0 Å². The minimum Gasteiger partial charge on any atom is -0.261 e. The van der Waals surface area contributed by atoms with Crippen molar-refractivity contribution in [2.45, 2.75) is 46.0 Å². The molecule has 1 rings (SSSR count). The average Bonchev–Trinajstić information content (AvgIpc) is 2.03. The number of aromatic nitrogens is 1. The molecule has 0 N–H and O–H groups in total. The molecule has 1 heterocycles. The number of hydrogen-bond acceptors (Lipinski definition) is 1. The molecule has 1 aromatic heterocycles. The van der Waals surface area contributed by atoms with E-state index < -0.39 is 0 Å². The van der Waals surface area contributed by atoms with Crippen molar-refractivity contribution >= 4 is 0 Å². The van der Waals surface area contributed by atoms with E-state index in [0.29, 0.717) is 5.92 Å². The summed E-state index contributed by atoms with van der Waals surface area (Å²) in [4.78, 5) is 4.35. The van der Waals surface area contributed by atoms with Gasteiger partial charge >= 0.3 is 0 Å². The monoisotopic (exact) mass is 177 g/mol. The second-order valence-corrected chi connectivity index (χ2v) is 4.87. The summed E-state index contributed by atoms with van der Waals surface area (Å²) in [5.41, 5.74) is 2.78. The molecule has 0 spiro atoms. The molecule has 0 fully saturated rings. The van der Waals surface area contributed by atoms with Gasteiger partial charge < -0.3 is 0 Å². The van der Waals surface area contributed by atoms with Crippen LogP contribution in [0.15, 0.2) is 18.3 Å². The van der Waals surface area contributed by atoms with Gasteiger partial charge in [0.15, 0.2) is 0 Å². The maximum Gasteiger partial charge on any atom is 0.0431 e. The van der Waals surface area contributed by atoms with E-state index in [2.05, 4.69) is 51.7 Å². The quantitative estimate of drug-likeness (QED) is 0.639. The first-order chi connectivity index (χ1) is 5.91. The lowest BCUT2D eigenvalue weighted by atomic mass is 9.86. The highest BCUT2D eigenvalue weighted by atomic mass is 14.7. The Morgan fingerprint density at radius 1 is 1.23 bits per heavy atom. The van der Waals surface area contributed by atoms with Crippen LogP contribution in [0.25, 0.3) is 0 Å². The van der Waals surface area contributed by atoms with Crippen molar-refractivity contribution in [1.82, 2.24) is 4.98 Å². The summed E-state index contributed by atoms with van der Waals surface area (Å²) >= 11 is 0. The molecule has 0 aromatic carbocycles. The Labute approximate surface area is 81.2 Å². The Morgan fingerprint density at radius 2 is 1.85 bits per heavy atom. The Morgan fingerprint density at radius 3 is 2.31 bits per heavy atom. The van der Waals surface area contributed by atoms with Crippen LogP contribution in [0, 0.1) is 0 Å². The number of rotatable bonds is 1. The van der Waals surface area contributed by atoms with E-state index >= 15 is 0 Å². The maximum atomic E-state index is 4.35. The summed E-state index contributed by atoms with van der Waals surface area (Å²) in [6, 6.07) is 4.32. The van der Waals surface area contributed by atoms with Crippen LogP contribution in [0.4, 0.5) is 0 Å². The molecule has 1 heteroatoms. The van der Waals surface area contributed by atoms with Gasteiger partial charge in [0.2, 0.25) is 0 Å². The molecule has 0 aliphatic rings. The normalized spacial score (nSPS) is 12.2. The standard InChI is InChI=1S/C12H19N/c1-9(2)11-8-10(6-7-13-11)12(3,4)5/h6-9H,1-5H3. The zero-order valence-corrected chi connectivity index (χ0v) is 9.26. The van der Waals surface area contributed by atoms with Crippen LogP contribution in [0.5, 0.6) is 0 Å². The van der Waals surface area contributed by atoms with Crippen LogP contribution < -0.4 is 0 Å². The highest BCUT2D eigenvalue weighted by Gasteiger charge is 2.14. The van der Waals surface area contributed by atoms with E-state index in [-0.39, 0.29) is 5.41 Å². The molecule has 0 atom stereocenters. The van der Waals surface area contributed by atoms with Gasteiger partial charge in [-0.25, -0.2) is 0 Å². The molecular weight excluding hydrogens is 158 g/mol. The molecular formula is C12H19N. The highest BCUT2D eigenvalue weighted by molar-refractivity contribution is 5.24. The Balaban J connectivity index is 3.06. The summed E-state index contributed by atoms with van der Waals surface area (Å²) in [7, 11) is 0. The third kappa shape index (κ3) is 2.55. The first-order valence-corrected chi connectivity index (χ1v) is 4.87. The second kappa shape index (κ2) is 3.49. The first-order valence-electron chi connectivity index (χ1n) is 4.87. The van der Waals surface area contributed by atoms with Crippen molar-refractivity contribution in [3.63, 3.8) is 0 Å². The molecule has 72 valence electrons. The molecule has 0 radical (unpaired) electrons. The predicted molar refractivity (Wildman–Crippen MR) is 57.0 cm³/mol. The topological polar surface area (TPSA) is 12.9 Å². The smallest absolute Gasteiger partial charge is 0.0431 e. The van der Waals surface area contributed by atoms with Gasteiger partial charge in [-0.3, -0.25) is 4.98 Å².